The van der Waals surface area contributed by atoms with E-state index in [9.17, 15) is 14.1 Å². The van der Waals surface area contributed by atoms with E-state index < -0.39 is 22.6 Å². The fourth-order valence-corrected chi connectivity index (χ4v) is 7.89. The van der Waals surface area contributed by atoms with E-state index in [1.807, 2.05) is 56.3 Å². The minimum absolute atomic E-state index is 0.135. The summed E-state index contributed by atoms with van der Waals surface area (Å²) in [6, 6.07) is 13.3. The fraction of sp³-hybridized carbons (Fsp3) is 0.485. The van der Waals surface area contributed by atoms with Crippen LogP contribution in [-0.4, -0.2) is 20.9 Å². The summed E-state index contributed by atoms with van der Waals surface area (Å²) < 4.78 is 22.5. The van der Waals surface area contributed by atoms with E-state index in [1.165, 1.54) is 17.3 Å². The number of ether oxygens (including phenoxy) is 1. The van der Waals surface area contributed by atoms with E-state index >= 15 is 0 Å². The van der Waals surface area contributed by atoms with Gasteiger partial charge in [0.2, 0.25) is 0 Å². The largest absolute Gasteiger partial charge is 0.511 e. The molecule has 1 aliphatic carbocycles. The quantitative estimate of drug-likeness (QED) is 0.228. The summed E-state index contributed by atoms with van der Waals surface area (Å²) in [5.41, 5.74) is 3.05. The van der Waals surface area contributed by atoms with Crippen LogP contribution in [0.2, 0.25) is 0 Å². The van der Waals surface area contributed by atoms with E-state index in [-0.39, 0.29) is 22.0 Å². The van der Waals surface area contributed by atoms with Crippen LogP contribution in [0.1, 0.15) is 90.7 Å². The standard InChI is InChI=1S/C33H43NO4S2/c1-7-22(2)17-18-33(24-13-11-12-14-24)21-28(35)30(31(36)38-33)39-29-19-23(3)27(20-26(29)32(4,5)6)34-40(37)25-15-9-8-10-16-25/h7-10,15-16,19-20,24,34-35H,11-14,17-18,21H2,1-6H3/b22-7+. The van der Waals surface area contributed by atoms with Crippen LogP contribution >= 0.6 is 11.8 Å². The molecule has 2 atom stereocenters. The van der Waals surface area contributed by atoms with Crippen LogP contribution in [-0.2, 0) is 25.9 Å². The lowest BCUT2D eigenvalue weighted by Gasteiger charge is -2.42. The van der Waals surface area contributed by atoms with Gasteiger partial charge in [-0.2, -0.15) is 0 Å². The number of carbonyl (C=O) groups excluding carboxylic acids is 1. The molecule has 4 rings (SSSR count). The van der Waals surface area contributed by atoms with Gasteiger partial charge in [-0.05, 0) is 93.2 Å². The zero-order valence-corrected chi connectivity index (χ0v) is 26.3. The molecule has 0 aromatic heterocycles. The van der Waals surface area contributed by atoms with Crippen LogP contribution in [0.3, 0.4) is 0 Å². The molecule has 0 radical (unpaired) electrons. The maximum absolute atomic E-state index is 13.6. The van der Waals surface area contributed by atoms with Crippen LogP contribution in [0, 0.1) is 12.8 Å². The smallest absolute Gasteiger partial charge is 0.349 e. The number of aryl methyl sites for hydroxylation is 1. The van der Waals surface area contributed by atoms with E-state index in [0.717, 1.165) is 60.2 Å². The predicted octanol–water partition coefficient (Wildman–Crippen LogP) is 8.91. The Hall–Kier alpha value is -2.51. The Labute approximate surface area is 246 Å². The molecule has 2 aromatic carbocycles. The fourth-order valence-electron chi connectivity index (χ4n) is 5.70. The SMILES string of the molecule is C/C=C(\C)CCC1(C2CCCC2)CC(O)=C(Sc2cc(C)c(NS(=O)c3ccccc3)cc2C(C)(C)C)C(=O)O1. The van der Waals surface area contributed by atoms with Crippen LogP contribution in [0.15, 0.2) is 74.6 Å². The maximum atomic E-state index is 13.6. The third-order valence-electron chi connectivity index (χ3n) is 8.25. The maximum Gasteiger partial charge on any atom is 0.349 e. The predicted molar refractivity (Wildman–Crippen MR) is 166 cm³/mol. The molecule has 1 heterocycles. The highest BCUT2D eigenvalue weighted by Gasteiger charge is 2.48. The molecule has 2 N–H and O–H groups in total. The second kappa shape index (κ2) is 12.6. The van der Waals surface area contributed by atoms with Crippen molar-refractivity contribution in [1.82, 2.24) is 0 Å². The summed E-state index contributed by atoms with van der Waals surface area (Å²) >= 11 is 1.28. The van der Waals surface area contributed by atoms with Crippen molar-refractivity contribution in [3.05, 3.63) is 75.9 Å². The van der Waals surface area contributed by atoms with Crippen molar-refractivity contribution in [2.45, 2.75) is 107 Å². The Morgan fingerprint density at radius 2 is 1.88 bits per heavy atom. The molecule has 0 amide bonds. The second-order valence-electron chi connectivity index (χ2n) is 12.2. The van der Waals surface area contributed by atoms with Crippen LogP contribution in [0.25, 0.3) is 0 Å². The van der Waals surface area contributed by atoms with E-state index in [2.05, 4.69) is 38.5 Å². The minimum Gasteiger partial charge on any atom is -0.511 e. The molecule has 7 heteroatoms. The highest BCUT2D eigenvalue weighted by molar-refractivity contribution is 8.04. The average Bonchev–Trinajstić information content (AvgIpc) is 3.46. The molecular formula is C33H43NO4S2. The van der Waals surface area contributed by atoms with Crippen LogP contribution < -0.4 is 4.72 Å². The molecule has 1 aliphatic heterocycles. The van der Waals surface area contributed by atoms with Gasteiger partial charge in [-0.15, -0.1) is 0 Å². The number of hydrogen-bond donors (Lipinski definition) is 2. The van der Waals surface area contributed by atoms with Gasteiger partial charge in [0, 0.05) is 17.0 Å². The number of aliphatic hydroxyl groups excluding tert-OH is 1. The summed E-state index contributed by atoms with van der Waals surface area (Å²) in [4.78, 5) is 15.4. The van der Waals surface area contributed by atoms with Crippen molar-refractivity contribution in [2.75, 3.05) is 4.72 Å². The summed E-state index contributed by atoms with van der Waals surface area (Å²) in [6.07, 6.45) is 8.39. The highest BCUT2D eigenvalue weighted by Crippen LogP contribution is 2.49. The zero-order valence-electron chi connectivity index (χ0n) is 24.6. The zero-order chi connectivity index (χ0) is 29.1. The van der Waals surface area contributed by atoms with Gasteiger partial charge in [-0.3, -0.25) is 0 Å². The molecule has 216 valence electrons. The molecule has 1 fully saturated rings. The lowest BCUT2D eigenvalue weighted by molar-refractivity contribution is -0.166. The third kappa shape index (κ3) is 6.85. The highest BCUT2D eigenvalue weighted by atomic mass is 32.2. The molecule has 2 aliphatic rings. The molecule has 0 saturated heterocycles. The Bertz CT molecular complexity index is 1320. The number of thioether (sulfide) groups is 1. The number of carbonyl (C=O) groups is 1. The normalized spacial score (nSPS) is 21.4. The van der Waals surface area contributed by atoms with E-state index in [4.69, 9.17) is 4.74 Å². The van der Waals surface area contributed by atoms with Crippen molar-refractivity contribution in [3.8, 4) is 0 Å². The number of esters is 1. The van der Waals surface area contributed by atoms with Gasteiger partial charge < -0.3 is 14.6 Å². The number of hydrogen-bond acceptors (Lipinski definition) is 5. The number of anilines is 1. The Kier molecular flexibility index (Phi) is 9.56. The lowest BCUT2D eigenvalue weighted by Crippen LogP contribution is -2.45. The number of benzene rings is 2. The molecular weight excluding hydrogens is 539 g/mol. The molecule has 0 spiro atoms. The van der Waals surface area contributed by atoms with Gasteiger partial charge in [-0.25, -0.2) is 9.00 Å². The monoisotopic (exact) mass is 581 g/mol. The number of cyclic esters (lactones) is 1. The molecule has 40 heavy (non-hydrogen) atoms. The second-order valence-corrected chi connectivity index (χ2v) is 14.5. The Balaban J connectivity index is 1.65. The summed E-state index contributed by atoms with van der Waals surface area (Å²) in [6.45, 7) is 12.4. The van der Waals surface area contributed by atoms with Crippen molar-refractivity contribution >= 4 is 34.4 Å². The lowest BCUT2D eigenvalue weighted by atomic mass is 9.77. The number of rotatable bonds is 9. The molecule has 5 nitrogen and oxygen atoms in total. The van der Waals surface area contributed by atoms with E-state index in [1.54, 1.807) is 0 Å². The van der Waals surface area contributed by atoms with Crippen molar-refractivity contribution in [1.29, 1.82) is 0 Å². The van der Waals surface area contributed by atoms with Crippen molar-refractivity contribution in [3.63, 3.8) is 0 Å². The molecule has 2 aromatic rings. The number of allylic oxidation sites excluding steroid dienone is 2. The van der Waals surface area contributed by atoms with Crippen molar-refractivity contribution in [2.24, 2.45) is 5.92 Å². The van der Waals surface area contributed by atoms with Gasteiger partial charge in [0.25, 0.3) is 0 Å². The van der Waals surface area contributed by atoms with Gasteiger partial charge in [0.05, 0.1) is 4.90 Å². The number of aliphatic hydroxyl groups is 1. The first-order chi connectivity index (χ1) is 18.9. The summed E-state index contributed by atoms with van der Waals surface area (Å²) in [5.74, 6) is -0.0159. The van der Waals surface area contributed by atoms with Gasteiger partial charge in [-0.1, -0.05) is 75.2 Å². The van der Waals surface area contributed by atoms with Gasteiger partial charge in [0.15, 0.2) is 0 Å². The van der Waals surface area contributed by atoms with Crippen molar-refractivity contribution < 1.29 is 18.8 Å². The Morgan fingerprint density at radius 3 is 2.48 bits per heavy atom. The summed E-state index contributed by atoms with van der Waals surface area (Å²) in [5, 5.41) is 11.4. The first kappa shape index (κ1) is 30.4. The summed E-state index contributed by atoms with van der Waals surface area (Å²) in [7, 11) is -1.40. The van der Waals surface area contributed by atoms with Crippen LogP contribution in [0.5, 0.6) is 0 Å². The molecule has 1 saturated carbocycles. The minimum atomic E-state index is -1.40. The third-order valence-corrected chi connectivity index (χ3v) is 10.5. The first-order valence-electron chi connectivity index (χ1n) is 14.3. The van der Waals surface area contributed by atoms with Gasteiger partial charge >= 0.3 is 5.97 Å². The first-order valence-corrected chi connectivity index (χ1v) is 16.2. The number of nitrogens with one attached hydrogen (secondary N) is 1. The Morgan fingerprint density at radius 1 is 1.20 bits per heavy atom. The van der Waals surface area contributed by atoms with E-state index in [0.29, 0.717) is 11.3 Å². The average molecular weight is 582 g/mol. The van der Waals surface area contributed by atoms with Gasteiger partial charge in [0.1, 0.15) is 27.3 Å². The molecule has 0 bridgehead atoms. The van der Waals surface area contributed by atoms with Crippen LogP contribution in [0.4, 0.5) is 5.69 Å². The molecule has 2 unspecified atom stereocenters. The topological polar surface area (TPSA) is 75.6 Å².